The number of hydrogen-bond donors (Lipinski definition) is 0. The second kappa shape index (κ2) is 6.34. The standard InChI is InChI=1S/C15H17NO4/c1-4-20-13-8-12(15(17)19-3)16-14-10(9-18-2)6-5-7-11(13)14/h5-8H,4,9H2,1-3H3. The molecule has 0 aliphatic heterocycles. The molecule has 20 heavy (non-hydrogen) atoms. The molecular weight excluding hydrogens is 258 g/mol. The van der Waals surface area contributed by atoms with Crippen LogP contribution in [0.2, 0.25) is 0 Å². The zero-order valence-corrected chi connectivity index (χ0v) is 11.8. The lowest BCUT2D eigenvalue weighted by atomic mass is 10.1. The maximum Gasteiger partial charge on any atom is 0.356 e. The summed E-state index contributed by atoms with van der Waals surface area (Å²) in [5, 5.41) is 0.856. The van der Waals surface area contributed by atoms with Crippen LogP contribution in [0.25, 0.3) is 10.9 Å². The van der Waals surface area contributed by atoms with E-state index in [0.29, 0.717) is 24.5 Å². The van der Waals surface area contributed by atoms with Crippen molar-refractivity contribution < 1.29 is 19.0 Å². The van der Waals surface area contributed by atoms with E-state index in [2.05, 4.69) is 4.98 Å². The zero-order chi connectivity index (χ0) is 14.5. The first-order valence-electron chi connectivity index (χ1n) is 6.34. The van der Waals surface area contributed by atoms with Crippen molar-refractivity contribution in [1.82, 2.24) is 4.98 Å². The molecule has 0 amide bonds. The molecule has 2 rings (SSSR count). The highest BCUT2D eigenvalue weighted by Gasteiger charge is 2.15. The van der Waals surface area contributed by atoms with Crippen molar-refractivity contribution in [2.45, 2.75) is 13.5 Å². The van der Waals surface area contributed by atoms with E-state index < -0.39 is 5.97 Å². The molecule has 0 atom stereocenters. The number of ether oxygens (including phenoxy) is 3. The molecule has 2 aromatic rings. The predicted molar refractivity (Wildman–Crippen MR) is 75.0 cm³/mol. The summed E-state index contributed by atoms with van der Waals surface area (Å²) in [7, 11) is 2.95. The molecule has 0 fully saturated rings. The summed E-state index contributed by atoms with van der Waals surface area (Å²) in [4.78, 5) is 16.1. The third-order valence-corrected chi connectivity index (χ3v) is 2.88. The second-order valence-electron chi connectivity index (χ2n) is 4.18. The first kappa shape index (κ1) is 14.3. The van der Waals surface area contributed by atoms with Gasteiger partial charge in [0.2, 0.25) is 0 Å². The number of hydrogen-bond acceptors (Lipinski definition) is 5. The smallest absolute Gasteiger partial charge is 0.356 e. The van der Waals surface area contributed by atoms with Crippen molar-refractivity contribution in [3.05, 3.63) is 35.5 Å². The normalized spacial score (nSPS) is 10.6. The number of methoxy groups -OCH3 is 2. The molecule has 0 saturated heterocycles. The fourth-order valence-electron chi connectivity index (χ4n) is 2.03. The van der Waals surface area contributed by atoms with Crippen LogP contribution in [0.1, 0.15) is 23.0 Å². The van der Waals surface area contributed by atoms with Crippen LogP contribution in [-0.4, -0.2) is 31.8 Å². The molecule has 0 N–H and O–H groups in total. The van der Waals surface area contributed by atoms with Crippen molar-refractivity contribution in [2.24, 2.45) is 0 Å². The third-order valence-electron chi connectivity index (χ3n) is 2.88. The van der Waals surface area contributed by atoms with Crippen molar-refractivity contribution >= 4 is 16.9 Å². The van der Waals surface area contributed by atoms with E-state index in [9.17, 15) is 4.79 Å². The summed E-state index contributed by atoms with van der Waals surface area (Å²) in [6, 6.07) is 7.34. The van der Waals surface area contributed by atoms with E-state index in [1.54, 1.807) is 13.2 Å². The second-order valence-corrected chi connectivity index (χ2v) is 4.18. The van der Waals surface area contributed by atoms with Crippen molar-refractivity contribution in [3.8, 4) is 5.75 Å². The monoisotopic (exact) mass is 275 g/mol. The van der Waals surface area contributed by atoms with Gasteiger partial charge >= 0.3 is 5.97 Å². The van der Waals surface area contributed by atoms with Gasteiger partial charge in [-0.25, -0.2) is 9.78 Å². The maximum atomic E-state index is 11.7. The van der Waals surface area contributed by atoms with Gasteiger partial charge in [0.1, 0.15) is 5.75 Å². The molecule has 0 aliphatic rings. The van der Waals surface area contributed by atoms with Crippen molar-refractivity contribution in [3.63, 3.8) is 0 Å². The minimum atomic E-state index is -0.486. The van der Waals surface area contributed by atoms with Gasteiger partial charge in [-0.05, 0) is 13.0 Å². The molecule has 1 aromatic carbocycles. The molecule has 0 spiro atoms. The Balaban J connectivity index is 2.68. The van der Waals surface area contributed by atoms with Gasteiger partial charge in [0.25, 0.3) is 0 Å². The van der Waals surface area contributed by atoms with Crippen LogP contribution in [0, 0.1) is 0 Å². The first-order valence-corrected chi connectivity index (χ1v) is 6.34. The van der Waals surface area contributed by atoms with Crippen LogP contribution in [0.5, 0.6) is 5.75 Å². The van der Waals surface area contributed by atoms with E-state index in [1.807, 2.05) is 25.1 Å². The molecule has 1 heterocycles. The van der Waals surface area contributed by atoms with E-state index in [-0.39, 0.29) is 5.69 Å². The molecule has 0 radical (unpaired) electrons. The van der Waals surface area contributed by atoms with E-state index in [0.717, 1.165) is 10.9 Å². The molecule has 5 nitrogen and oxygen atoms in total. The number of carbonyl (C=O) groups excluding carboxylic acids is 1. The Labute approximate surface area is 117 Å². The van der Waals surface area contributed by atoms with Crippen LogP contribution in [-0.2, 0) is 16.1 Å². The Morgan fingerprint density at radius 2 is 2.10 bits per heavy atom. The van der Waals surface area contributed by atoms with Gasteiger partial charge in [0.15, 0.2) is 5.69 Å². The average molecular weight is 275 g/mol. The Hall–Kier alpha value is -2.14. The van der Waals surface area contributed by atoms with Gasteiger partial charge in [0, 0.05) is 24.1 Å². The molecule has 0 unspecified atom stereocenters. The van der Waals surface area contributed by atoms with Crippen molar-refractivity contribution in [2.75, 3.05) is 20.8 Å². The SMILES string of the molecule is CCOc1cc(C(=O)OC)nc2c(COC)cccc12. The van der Waals surface area contributed by atoms with Crippen LogP contribution in [0.3, 0.4) is 0 Å². The minimum absolute atomic E-state index is 0.229. The van der Waals surface area contributed by atoms with Gasteiger partial charge in [-0.1, -0.05) is 12.1 Å². The molecule has 5 heteroatoms. The van der Waals surface area contributed by atoms with Crippen molar-refractivity contribution in [1.29, 1.82) is 0 Å². The van der Waals surface area contributed by atoms with Gasteiger partial charge in [-0.3, -0.25) is 0 Å². The number of pyridine rings is 1. The summed E-state index contributed by atoms with van der Waals surface area (Å²) < 4.78 is 15.5. The molecule has 0 saturated carbocycles. The van der Waals surface area contributed by atoms with E-state index in [4.69, 9.17) is 14.2 Å². The number of aromatic nitrogens is 1. The lowest BCUT2D eigenvalue weighted by molar-refractivity contribution is 0.0594. The molecular formula is C15H17NO4. The van der Waals surface area contributed by atoms with Gasteiger partial charge < -0.3 is 14.2 Å². The number of nitrogens with zero attached hydrogens (tertiary/aromatic N) is 1. The zero-order valence-electron chi connectivity index (χ0n) is 11.8. The molecule has 0 bridgehead atoms. The Morgan fingerprint density at radius 3 is 2.75 bits per heavy atom. The summed E-state index contributed by atoms with van der Waals surface area (Å²) >= 11 is 0. The number of fused-ring (bicyclic) bond motifs is 1. The number of benzene rings is 1. The van der Waals surface area contributed by atoms with Crippen LogP contribution < -0.4 is 4.74 Å². The minimum Gasteiger partial charge on any atom is -0.493 e. The number of esters is 1. The van der Waals surface area contributed by atoms with Crippen LogP contribution in [0.15, 0.2) is 24.3 Å². The number of para-hydroxylation sites is 1. The van der Waals surface area contributed by atoms with Gasteiger partial charge in [-0.2, -0.15) is 0 Å². The summed E-state index contributed by atoms with van der Waals surface area (Å²) in [6.07, 6.45) is 0. The first-order chi connectivity index (χ1) is 9.71. The fraction of sp³-hybridized carbons (Fsp3) is 0.333. The Kier molecular flexibility index (Phi) is 4.53. The molecule has 0 aliphatic carbocycles. The Bertz CT molecular complexity index is 625. The van der Waals surface area contributed by atoms with E-state index >= 15 is 0 Å². The maximum absolute atomic E-state index is 11.7. The highest BCUT2D eigenvalue weighted by Crippen LogP contribution is 2.28. The predicted octanol–water partition coefficient (Wildman–Crippen LogP) is 2.57. The third kappa shape index (κ3) is 2.72. The summed E-state index contributed by atoms with van der Waals surface area (Å²) in [5.41, 5.74) is 1.82. The fourth-order valence-corrected chi connectivity index (χ4v) is 2.03. The quantitative estimate of drug-likeness (QED) is 0.785. The number of rotatable bonds is 5. The topological polar surface area (TPSA) is 57.7 Å². The lowest BCUT2D eigenvalue weighted by Crippen LogP contribution is -2.07. The largest absolute Gasteiger partial charge is 0.493 e. The average Bonchev–Trinajstić information content (AvgIpc) is 2.47. The summed E-state index contributed by atoms with van der Waals surface area (Å²) in [5.74, 6) is 0.135. The molecule has 1 aromatic heterocycles. The van der Waals surface area contributed by atoms with Gasteiger partial charge in [0.05, 0.1) is 25.8 Å². The molecule has 106 valence electrons. The van der Waals surface area contributed by atoms with Gasteiger partial charge in [-0.15, -0.1) is 0 Å². The highest BCUT2D eigenvalue weighted by atomic mass is 16.5. The van der Waals surface area contributed by atoms with Crippen LogP contribution in [0.4, 0.5) is 0 Å². The summed E-state index contributed by atoms with van der Waals surface area (Å²) in [6.45, 7) is 2.82. The van der Waals surface area contributed by atoms with Crippen LogP contribution >= 0.6 is 0 Å². The van der Waals surface area contributed by atoms with E-state index in [1.165, 1.54) is 7.11 Å². The lowest BCUT2D eigenvalue weighted by Gasteiger charge is -2.11. The number of carbonyl (C=O) groups is 1. The highest BCUT2D eigenvalue weighted by molar-refractivity contribution is 5.95. The Morgan fingerprint density at radius 1 is 1.30 bits per heavy atom.